The van der Waals surface area contributed by atoms with E-state index in [1.165, 1.54) is 0 Å². The molecule has 0 aliphatic carbocycles. The molecule has 0 bridgehead atoms. The van der Waals surface area contributed by atoms with Gasteiger partial charge in [0.25, 0.3) is 5.91 Å². The van der Waals surface area contributed by atoms with E-state index in [1.54, 1.807) is 4.90 Å². The van der Waals surface area contributed by atoms with Crippen LogP contribution in [0.25, 0.3) is 0 Å². The smallest absolute Gasteiger partial charge is 0.250 e. The van der Waals surface area contributed by atoms with Gasteiger partial charge in [-0.15, -0.1) is 0 Å². The minimum absolute atomic E-state index is 0.0104. The molecule has 2 aliphatic rings. The summed E-state index contributed by atoms with van der Waals surface area (Å²) in [5, 5.41) is 2.95. The number of rotatable bonds is 8. The van der Waals surface area contributed by atoms with Crippen molar-refractivity contribution >= 4 is 23.4 Å². The fraction of sp³-hybridized carbons (Fsp3) is 0.250. The van der Waals surface area contributed by atoms with Crippen LogP contribution in [0.5, 0.6) is 0 Å². The van der Waals surface area contributed by atoms with Gasteiger partial charge in [-0.05, 0) is 41.7 Å². The molecule has 1 spiro atoms. The van der Waals surface area contributed by atoms with E-state index in [4.69, 9.17) is 0 Å². The van der Waals surface area contributed by atoms with Gasteiger partial charge in [-0.3, -0.25) is 14.4 Å². The molecule has 2 fully saturated rings. The normalized spacial score (nSPS) is 16.1. The maximum absolute atomic E-state index is 14.1. The number of nitrogens with zero attached hydrogens (tertiary/aromatic N) is 3. The van der Waals surface area contributed by atoms with Crippen LogP contribution in [0.1, 0.15) is 35.4 Å². The van der Waals surface area contributed by atoms with Crippen molar-refractivity contribution < 1.29 is 14.4 Å². The van der Waals surface area contributed by atoms with E-state index >= 15 is 0 Å². The fourth-order valence-corrected chi connectivity index (χ4v) is 6.40. The number of nitrogens with one attached hydrogen (secondary N) is 1. The number of hydrogen-bond donors (Lipinski definition) is 1. The van der Waals surface area contributed by atoms with Crippen molar-refractivity contribution in [2.24, 2.45) is 0 Å². The van der Waals surface area contributed by atoms with Gasteiger partial charge in [0.15, 0.2) is 0 Å². The monoisotopic (exact) mass is 572 g/mol. The van der Waals surface area contributed by atoms with Crippen molar-refractivity contribution in [3.05, 3.63) is 138 Å². The lowest BCUT2D eigenvalue weighted by Gasteiger charge is -2.44. The molecule has 0 radical (unpaired) electrons. The molecule has 7 nitrogen and oxygen atoms in total. The van der Waals surface area contributed by atoms with Gasteiger partial charge < -0.3 is 20.0 Å². The number of likely N-dealkylation sites (tertiary alicyclic amines) is 1. The minimum Gasteiger partial charge on any atom is -0.350 e. The third kappa shape index (κ3) is 5.89. The standard InChI is InChI=1S/C36H36N4O3/c41-32(37-25-28-13-5-1-6-14-28)26-39-27-40(31-19-11-4-12-20-31)36(35(39)43)21-23-38(24-22-36)34(42)33(29-15-7-2-8-16-29)30-17-9-3-10-18-30/h1-20,33H,21-27H2,(H,37,41). The molecule has 0 atom stereocenters. The first-order valence-electron chi connectivity index (χ1n) is 14.9. The van der Waals surface area contributed by atoms with Crippen LogP contribution >= 0.6 is 0 Å². The van der Waals surface area contributed by atoms with Crippen LogP contribution < -0.4 is 10.2 Å². The summed E-state index contributed by atoms with van der Waals surface area (Å²) in [5.41, 5.74) is 3.04. The number of benzene rings is 4. The maximum atomic E-state index is 14.1. The van der Waals surface area contributed by atoms with Crippen molar-refractivity contribution in [2.75, 3.05) is 31.2 Å². The summed E-state index contributed by atoms with van der Waals surface area (Å²) in [5.74, 6) is -0.615. The van der Waals surface area contributed by atoms with Crippen molar-refractivity contribution in [1.82, 2.24) is 15.1 Å². The third-order valence-corrected chi connectivity index (χ3v) is 8.66. The highest BCUT2D eigenvalue weighted by atomic mass is 16.2. The number of hydrogen-bond acceptors (Lipinski definition) is 4. The van der Waals surface area contributed by atoms with Gasteiger partial charge in [0, 0.05) is 25.3 Å². The van der Waals surface area contributed by atoms with E-state index in [2.05, 4.69) is 10.2 Å². The summed E-state index contributed by atoms with van der Waals surface area (Å²) in [6, 6.07) is 39.4. The first-order valence-corrected chi connectivity index (χ1v) is 14.9. The molecule has 6 rings (SSSR count). The van der Waals surface area contributed by atoms with Gasteiger partial charge in [-0.1, -0.05) is 109 Å². The van der Waals surface area contributed by atoms with Crippen molar-refractivity contribution in [2.45, 2.75) is 30.8 Å². The molecule has 218 valence electrons. The summed E-state index contributed by atoms with van der Waals surface area (Å²) < 4.78 is 0. The highest BCUT2D eigenvalue weighted by Gasteiger charge is 2.54. The van der Waals surface area contributed by atoms with Gasteiger partial charge in [0.1, 0.15) is 12.1 Å². The van der Waals surface area contributed by atoms with E-state index in [0.29, 0.717) is 39.1 Å². The van der Waals surface area contributed by atoms with Crippen molar-refractivity contribution in [3.63, 3.8) is 0 Å². The highest BCUT2D eigenvalue weighted by molar-refractivity contribution is 5.96. The molecule has 2 saturated heterocycles. The Hall–Kier alpha value is -4.91. The predicted molar refractivity (Wildman–Crippen MR) is 167 cm³/mol. The zero-order valence-electron chi connectivity index (χ0n) is 24.1. The topological polar surface area (TPSA) is 73.0 Å². The fourth-order valence-electron chi connectivity index (χ4n) is 6.40. The molecule has 0 saturated carbocycles. The quantitative estimate of drug-likeness (QED) is 0.329. The van der Waals surface area contributed by atoms with Crippen molar-refractivity contribution in [3.8, 4) is 0 Å². The van der Waals surface area contributed by atoms with E-state index in [-0.39, 0.29) is 24.3 Å². The second kappa shape index (κ2) is 12.5. The molecule has 0 unspecified atom stereocenters. The SMILES string of the molecule is O=C(CN1CN(c2ccccc2)C2(CCN(C(=O)C(c3ccccc3)c3ccccc3)CC2)C1=O)NCc1ccccc1. The molecule has 1 N–H and O–H groups in total. The summed E-state index contributed by atoms with van der Waals surface area (Å²) in [4.78, 5) is 46.9. The van der Waals surface area contributed by atoms with Gasteiger partial charge >= 0.3 is 0 Å². The van der Waals surface area contributed by atoms with Crippen LogP contribution in [0.3, 0.4) is 0 Å². The summed E-state index contributed by atoms with van der Waals surface area (Å²) in [6.45, 7) is 1.64. The first kappa shape index (κ1) is 28.2. The van der Waals surface area contributed by atoms with E-state index in [0.717, 1.165) is 22.4 Å². The zero-order chi connectivity index (χ0) is 29.6. The molecule has 0 aromatic heterocycles. The van der Waals surface area contributed by atoms with E-state index < -0.39 is 11.5 Å². The van der Waals surface area contributed by atoms with Crippen LogP contribution in [0.2, 0.25) is 0 Å². The largest absolute Gasteiger partial charge is 0.350 e. The molecule has 2 heterocycles. The highest BCUT2D eigenvalue weighted by Crippen LogP contribution is 2.40. The number of carbonyl (C=O) groups is 3. The summed E-state index contributed by atoms with van der Waals surface area (Å²) >= 11 is 0. The zero-order valence-corrected chi connectivity index (χ0v) is 24.1. The van der Waals surface area contributed by atoms with Crippen LogP contribution in [0.4, 0.5) is 5.69 Å². The first-order chi connectivity index (χ1) is 21.0. The van der Waals surface area contributed by atoms with Gasteiger partial charge in [0.05, 0.1) is 12.6 Å². The Balaban J connectivity index is 1.20. The van der Waals surface area contributed by atoms with Crippen molar-refractivity contribution in [1.29, 1.82) is 0 Å². The Labute approximate surface area is 252 Å². The molecule has 4 aromatic rings. The molecule has 7 heteroatoms. The second-order valence-electron chi connectivity index (χ2n) is 11.3. The Morgan fingerprint density at radius 3 is 1.79 bits per heavy atom. The lowest BCUT2D eigenvalue weighted by molar-refractivity contribution is -0.140. The lowest BCUT2D eigenvalue weighted by atomic mass is 9.83. The maximum Gasteiger partial charge on any atom is 0.250 e. The minimum atomic E-state index is -0.813. The average molecular weight is 573 g/mol. The average Bonchev–Trinajstić information content (AvgIpc) is 3.32. The van der Waals surface area contributed by atoms with Crippen LogP contribution in [-0.4, -0.2) is 59.4 Å². The Kier molecular flexibility index (Phi) is 8.22. The molecular weight excluding hydrogens is 536 g/mol. The molecule has 4 aromatic carbocycles. The van der Waals surface area contributed by atoms with Gasteiger partial charge in [-0.25, -0.2) is 0 Å². The summed E-state index contributed by atoms with van der Waals surface area (Å²) in [7, 11) is 0. The lowest BCUT2D eigenvalue weighted by Crippen LogP contribution is -2.58. The van der Waals surface area contributed by atoms with Crippen LogP contribution in [0, 0.1) is 0 Å². The van der Waals surface area contributed by atoms with Gasteiger partial charge in [0.2, 0.25) is 11.8 Å². The Morgan fingerprint density at radius 1 is 0.721 bits per heavy atom. The van der Waals surface area contributed by atoms with Gasteiger partial charge in [-0.2, -0.15) is 0 Å². The van der Waals surface area contributed by atoms with Crippen LogP contribution in [-0.2, 0) is 20.9 Å². The van der Waals surface area contributed by atoms with E-state index in [9.17, 15) is 14.4 Å². The molecule has 2 aliphatic heterocycles. The number of carbonyl (C=O) groups excluding carboxylic acids is 3. The number of anilines is 1. The molecule has 43 heavy (non-hydrogen) atoms. The third-order valence-electron chi connectivity index (χ3n) is 8.66. The predicted octanol–water partition coefficient (Wildman–Crippen LogP) is 4.80. The molecule has 3 amide bonds. The second-order valence-corrected chi connectivity index (χ2v) is 11.3. The molecular formula is C36H36N4O3. The summed E-state index contributed by atoms with van der Waals surface area (Å²) in [6.07, 6.45) is 0.982. The number of para-hydroxylation sites is 1. The number of piperidine rings is 1. The Bertz CT molecular complexity index is 1500. The van der Waals surface area contributed by atoms with Crippen LogP contribution in [0.15, 0.2) is 121 Å². The Morgan fingerprint density at radius 2 is 1.23 bits per heavy atom. The number of amides is 3. The van der Waals surface area contributed by atoms with E-state index in [1.807, 2.05) is 126 Å².